The molecule has 0 N–H and O–H groups in total. The summed E-state index contributed by atoms with van der Waals surface area (Å²) < 4.78 is 0.848. The Morgan fingerprint density at radius 2 is 2.12 bits per heavy atom. The van der Waals surface area contributed by atoms with Crippen molar-refractivity contribution in [1.82, 2.24) is 5.01 Å². The first-order valence-electron chi connectivity index (χ1n) is 5.00. The number of anilines is 1. The van der Waals surface area contributed by atoms with Gasteiger partial charge >= 0.3 is 0 Å². The smallest absolute Gasteiger partial charge is 0.242 e. The van der Waals surface area contributed by atoms with Crippen molar-refractivity contribution in [3.63, 3.8) is 0 Å². The van der Waals surface area contributed by atoms with Crippen molar-refractivity contribution >= 4 is 33.8 Å². The van der Waals surface area contributed by atoms with Gasteiger partial charge in [-0.05, 0) is 28.1 Å². The third-order valence-electron chi connectivity index (χ3n) is 2.47. The Bertz CT molecular complexity index is 422. The van der Waals surface area contributed by atoms with Crippen LogP contribution in [0.25, 0.3) is 0 Å². The van der Waals surface area contributed by atoms with Crippen molar-refractivity contribution < 1.29 is 9.59 Å². The molecule has 1 amide bonds. The van der Waals surface area contributed by atoms with Crippen LogP contribution >= 0.6 is 15.9 Å². The molecule has 1 aliphatic rings. The lowest BCUT2D eigenvalue weighted by Crippen LogP contribution is -2.40. The Morgan fingerprint density at radius 3 is 2.81 bits per heavy atom. The minimum atomic E-state index is 0.0220. The molecule has 0 bridgehead atoms. The lowest BCUT2D eigenvalue weighted by atomic mass is 10.3. The lowest BCUT2D eigenvalue weighted by Gasteiger charge is -2.26. The van der Waals surface area contributed by atoms with E-state index >= 15 is 0 Å². The van der Waals surface area contributed by atoms with Gasteiger partial charge < -0.3 is 4.79 Å². The Kier molecular flexibility index (Phi) is 3.36. The van der Waals surface area contributed by atoms with E-state index in [0.717, 1.165) is 16.4 Å². The van der Waals surface area contributed by atoms with Crippen LogP contribution in [0, 0.1) is 0 Å². The van der Waals surface area contributed by atoms with E-state index in [-0.39, 0.29) is 12.5 Å². The van der Waals surface area contributed by atoms with Gasteiger partial charge in [0, 0.05) is 17.4 Å². The molecule has 0 unspecified atom stereocenters. The topological polar surface area (TPSA) is 40.6 Å². The van der Waals surface area contributed by atoms with Gasteiger partial charge in [0.05, 0.1) is 12.2 Å². The standard InChI is InChI=1S/C11H11BrN2O2/c12-9-3-1-2-4-10(9)14-11(16)5-6-13(14)7-8-15/h1-4,8H,5-7H2. The van der Waals surface area contributed by atoms with Gasteiger partial charge in [-0.1, -0.05) is 12.1 Å². The number of carbonyl (C=O) groups is 2. The molecule has 1 saturated heterocycles. The molecule has 0 aromatic heterocycles. The van der Waals surface area contributed by atoms with Gasteiger partial charge in [0.25, 0.3) is 0 Å². The molecule has 1 heterocycles. The average molecular weight is 283 g/mol. The summed E-state index contributed by atoms with van der Waals surface area (Å²) in [6.07, 6.45) is 1.26. The number of carbonyl (C=O) groups excluding carboxylic acids is 2. The quantitative estimate of drug-likeness (QED) is 0.791. The number of rotatable bonds is 3. The molecule has 4 nitrogen and oxygen atoms in total. The maximum atomic E-state index is 11.8. The van der Waals surface area contributed by atoms with Crippen molar-refractivity contribution in [2.45, 2.75) is 6.42 Å². The van der Waals surface area contributed by atoms with Crippen LogP contribution in [0.5, 0.6) is 0 Å². The van der Waals surface area contributed by atoms with Crippen molar-refractivity contribution in [2.24, 2.45) is 0 Å². The van der Waals surface area contributed by atoms with Gasteiger partial charge in [0.15, 0.2) is 0 Å². The third kappa shape index (κ3) is 2.01. The second-order valence-electron chi connectivity index (χ2n) is 3.49. The van der Waals surface area contributed by atoms with Gasteiger partial charge in [0.2, 0.25) is 5.91 Å². The summed E-state index contributed by atoms with van der Waals surface area (Å²) in [5.74, 6) is 0.0220. The number of hydrogen-bond acceptors (Lipinski definition) is 3. The normalized spacial score (nSPS) is 16.8. The van der Waals surface area contributed by atoms with E-state index in [1.165, 1.54) is 0 Å². The first-order valence-corrected chi connectivity index (χ1v) is 5.79. The Balaban J connectivity index is 2.33. The molecule has 0 atom stereocenters. The third-order valence-corrected chi connectivity index (χ3v) is 3.14. The van der Waals surface area contributed by atoms with E-state index in [1.54, 1.807) is 10.0 Å². The summed E-state index contributed by atoms with van der Waals surface area (Å²) in [5, 5.41) is 3.31. The fraction of sp³-hybridized carbons (Fsp3) is 0.273. The zero-order valence-corrected chi connectivity index (χ0v) is 10.2. The molecular formula is C11H11BrN2O2. The number of hydrazine groups is 1. The number of benzene rings is 1. The van der Waals surface area contributed by atoms with Crippen LogP contribution in [-0.2, 0) is 9.59 Å². The fourth-order valence-electron chi connectivity index (χ4n) is 1.76. The van der Waals surface area contributed by atoms with Crippen molar-refractivity contribution in [3.05, 3.63) is 28.7 Å². The largest absolute Gasteiger partial charge is 0.302 e. The number of aldehydes is 1. The molecule has 0 aliphatic carbocycles. The van der Waals surface area contributed by atoms with Gasteiger partial charge in [0.1, 0.15) is 6.29 Å². The molecule has 16 heavy (non-hydrogen) atoms. The molecular weight excluding hydrogens is 272 g/mol. The zero-order valence-electron chi connectivity index (χ0n) is 8.60. The molecule has 2 rings (SSSR count). The highest BCUT2D eigenvalue weighted by atomic mass is 79.9. The van der Waals surface area contributed by atoms with Crippen LogP contribution < -0.4 is 5.01 Å². The summed E-state index contributed by atoms with van der Waals surface area (Å²) in [6.45, 7) is 0.839. The zero-order chi connectivity index (χ0) is 11.5. The number of hydrogen-bond donors (Lipinski definition) is 0. The van der Waals surface area contributed by atoms with Crippen LogP contribution in [0.2, 0.25) is 0 Å². The van der Waals surface area contributed by atoms with Crippen LogP contribution in [-0.4, -0.2) is 30.3 Å². The van der Waals surface area contributed by atoms with Gasteiger partial charge in [-0.25, -0.2) is 10.0 Å². The van der Waals surface area contributed by atoms with Gasteiger partial charge in [-0.3, -0.25) is 4.79 Å². The molecule has 0 radical (unpaired) electrons. The molecule has 1 fully saturated rings. The molecule has 1 aromatic rings. The molecule has 1 aliphatic heterocycles. The maximum Gasteiger partial charge on any atom is 0.242 e. The average Bonchev–Trinajstić information content (AvgIpc) is 2.62. The molecule has 1 aromatic carbocycles. The van der Waals surface area contributed by atoms with E-state index in [2.05, 4.69) is 15.9 Å². The highest BCUT2D eigenvalue weighted by Crippen LogP contribution is 2.29. The number of amides is 1. The monoisotopic (exact) mass is 282 g/mol. The molecule has 84 valence electrons. The first kappa shape index (κ1) is 11.3. The minimum absolute atomic E-state index is 0.0220. The summed E-state index contributed by atoms with van der Waals surface area (Å²) in [5.41, 5.74) is 0.784. The number of halogens is 1. The van der Waals surface area contributed by atoms with Crippen molar-refractivity contribution in [3.8, 4) is 0 Å². The van der Waals surface area contributed by atoms with E-state index < -0.39 is 0 Å². The van der Waals surface area contributed by atoms with E-state index in [1.807, 2.05) is 24.3 Å². The van der Waals surface area contributed by atoms with Gasteiger partial charge in [-0.2, -0.15) is 0 Å². The maximum absolute atomic E-state index is 11.8. The minimum Gasteiger partial charge on any atom is -0.302 e. The Labute approximate surface area is 102 Å². The lowest BCUT2D eigenvalue weighted by molar-refractivity contribution is -0.118. The fourth-order valence-corrected chi connectivity index (χ4v) is 2.21. The number of nitrogens with zero attached hydrogens (tertiary/aromatic N) is 2. The van der Waals surface area contributed by atoms with Gasteiger partial charge in [-0.15, -0.1) is 0 Å². The molecule has 5 heteroatoms. The highest BCUT2D eigenvalue weighted by Gasteiger charge is 2.30. The predicted octanol–water partition coefficient (Wildman–Crippen LogP) is 1.60. The summed E-state index contributed by atoms with van der Waals surface area (Å²) in [7, 11) is 0. The Hall–Kier alpha value is -1.20. The molecule has 0 saturated carbocycles. The SMILES string of the molecule is O=CCN1CCC(=O)N1c1ccccc1Br. The van der Waals surface area contributed by atoms with E-state index in [0.29, 0.717) is 13.0 Å². The second-order valence-corrected chi connectivity index (χ2v) is 4.34. The summed E-state index contributed by atoms with van der Waals surface area (Å²) in [6, 6.07) is 7.48. The van der Waals surface area contributed by atoms with Crippen LogP contribution in [0.3, 0.4) is 0 Å². The van der Waals surface area contributed by atoms with Crippen LogP contribution in [0.4, 0.5) is 5.69 Å². The van der Waals surface area contributed by atoms with Crippen LogP contribution in [0.1, 0.15) is 6.42 Å². The van der Waals surface area contributed by atoms with Crippen molar-refractivity contribution in [1.29, 1.82) is 0 Å². The first-order chi connectivity index (χ1) is 7.74. The van der Waals surface area contributed by atoms with E-state index in [9.17, 15) is 9.59 Å². The Morgan fingerprint density at radius 1 is 1.38 bits per heavy atom. The summed E-state index contributed by atoms with van der Waals surface area (Å²) in [4.78, 5) is 22.3. The van der Waals surface area contributed by atoms with Crippen LogP contribution in [0.15, 0.2) is 28.7 Å². The van der Waals surface area contributed by atoms with E-state index in [4.69, 9.17) is 0 Å². The molecule has 0 spiro atoms. The second kappa shape index (κ2) is 4.76. The number of para-hydroxylation sites is 1. The van der Waals surface area contributed by atoms with Crippen molar-refractivity contribution in [2.75, 3.05) is 18.1 Å². The summed E-state index contributed by atoms with van der Waals surface area (Å²) >= 11 is 3.40. The highest BCUT2D eigenvalue weighted by molar-refractivity contribution is 9.10. The predicted molar refractivity (Wildman–Crippen MR) is 63.9 cm³/mol.